The van der Waals surface area contributed by atoms with E-state index in [0.29, 0.717) is 33.2 Å². The maximum absolute atomic E-state index is 11.4. The van der Waals surface area contributed by atoms with E-state index in [2.05, 4.69) is 89.0 Å². The fraction of sp³-hybridized carbons (Fsp3) is 0.885. The summed E-state index contributed by atoms with van der Waals surface area (Å²) in [5.74, 6) is 2.41. The van der Waals surface area contributed by atoms with Crippen LogP contribution in [0.25, 0.3) is 0 Å². The van der Waals surface area contributed by atoms with E-state index in [0.717, 1.165) is 0 Å². The van der Waals surface area contributed by atoms with Crippen LogP contribution < -0.4 is 0 Å². The molecule has 0 spiro atoms. The molecule has 0 bridgehead atoms. The molecule has 0 fully saturated rings. The van der Waals surface area contributed by atoms with E-state index in [1.54, 1.807) is 0 Å². The van der Waals surface area contributed by atoms with Crippen LogP contribution in [0.5, 0.6) is 0 Å². The van der Waals surface area contributed by atoms with Crippen LogP contribution in [0.1, 0.15) is 89.5 Å². The van der Waals surface area contributed by atoms with Gasteiger partial charge in [0.2, 0.25) is 8.32 Å². The van der Waals surface area contributed by atoms with Crippen LogP contribution in [0.2, 0.25) is 33.2 Å². The number of aliphatic hydroxyl groups is 1. The topological polar surface area (TPSA) is 85.2 Å². The average Bonchev–Trinajstić information content (AvgIpc) is 2.68. The van der Waals surface area contributed by atoms with E-state index in [9.17, 15) is 9.90 Å². The second-order valence-electron chi connectivity index (χ2n) is 11.4. The molecular formula is C26H52O6Si2. The van der Waals surface area contributed by atoms with Crippen molar-refractivity contribution in [1.29, 1.82) is 0 Å². The minimum Gasteiger partial charge on any atom is -0.450 e. The number of terminal acetylenes is 1. The third-order valence-corrected chi connectivity index (χ3v) is 19.8. The van der Waals surface area contributed by atoms with Gasteiger partial charge in [-0.3, -0.25) is 0 Å². The fourth-order valence-electron chi connectivity index (χ4n) is 6.27. The predicted molar refractivity (Wildman–Crippen MR) is 145 cm³/mol. The van der Waals surface area contributed by atoms with Crippen molar-refractivity contribution in [3.05, 3.63) is 0 Å². The number of rotatable bonds is 15. The van der Waals surface area contributed by atoms with E-state index in [-0.39, 0.29) is 13.0 Å². The van der Waals surface area contributed by atoms with Gasteiger partial charge in [-0.05, 0) is 33.2 Å². The highest BCUT2D eigenvalue weighted by molar-refractivity contribution is 6.78. The van der Waals surface area contributed by atoms with Gasteiger partial charge in [0.25, 0.3) is 0 Å². The highest BCUT2D eigenvalue weighted by atomic mass is 28.4. The monoisotopic (exact) mass is 516 g/mol. The Hall–Kier alpha value is -0.856. The number of ether oxygens (including phenoxy) is 1. The second kappa shape index (κ2) is 14.0. The molecule has 0 aromatic heterocycles. The van der Waals surface area contributed by atoms with Crippen molar-refractivity contribution < 1.29 is 28.6 Å². The van der Waals surface area contributed by atoms with Gasteiger partial charge >= 0.3 is 6.16 Å². The lowest BCUT2D eigenvalue weighted by atomic mass is 10.1. The smallest absolute Gasteiger partial charge is 0.450 e. The van der Waals surface area contributed by atoms with Crippen molar-refractivity contribution >= 4 is 22.8 Å². The van der Waals surface area contributed by atoms with Crippen LogP contribution >= 0.6 is 0 Å². The van der Waals surface area contributed by atoms with Crippen LogP contribution in [0.3, 0.4) is 0 Å². The number of aliphatic hydroxyl groups excluding tert-OH is 1. The SMILES string of the molecule is C#CC(C[C@H](O[Si](C(C)C)(C(C)C)C(C)C)[C@H](O)CO[Si](C(C)C)(C(C)C)C(C)C)OC(=O)O. The molecule has 0 aromatic rings. The summed E-state index contributed by atoms with van der Waals surface area (Å²) in [5, 5.41) is 20.6. The Kier molecular flexibility index (Phi) is 13.7. The van der Waals surface area contributed by atoms with Crippen molar-refractivity contribution in [2.75, 3.05) is 6.61 Å². The predicted octanol–water partition coefficient (Wildman–Crippen LogP) is 7.19. The van der Waals surface area contributed by atoms with Crippen molar-refractivity contribution in [2.24, 2.45) is 0 Å². The van der Waals surface area contributed by atoms with Gasteiger partial charge in [0.15, 0.2) is 14.4 Å². The first-order chi connectivity index (χ1) is 15.5. The number of carboxylic acid groups (broad SMARTS) is 1. The number of hydrogen-bond acceptors (Lipinski definition) is 5. The molecule has 6 nitrogen and oxygen atoms in total. The van der Waals surface area contributed by atoms with E-state index in [1.807, 2.05) is 0 Å². The first-order valence-corrected chi connectivity index (χ1v) is 17.1. The molecule has 0 aliphatic rings. The zero-order valence-corrected chi connectivity index (χ0v) is 25.7. The van der Waals surface area contributed by atoms with Gasteiger partial charge in [-0.15, -0.1) is 6.42 Å². The fourth-order valence-corrected chi connectivity index (χ4v) is 17.3. The summed E-state index contributed by atoms with van der Waals surface area (Å²) in [4.78, 5) is 11.2. The normalized spacial score (nSPS) is 15.9. The van der Waals surface area contributed by atoms with Crippen LogP contribution in [-0.2, 0) is 13.6 Å². The lowest BCUT2D eigenvalue weighted by molar-refractivity contribution is -0.0285. The summed E-state index contributed by atoms with van der Waals surface area (Å²) in [7, 11) is -4.59. The summed E-state index contributed by atoms with van der Waals surface area (Å²) in [6.45, 7) is 26.4. The molecule has 0 aliphatic heterocycles. The van der Waals surface area contributed by atoms with Crippen molar-refractivity contribution in [2.45, 2.75) is 141 Å². The maximum Gasteiger partial charge on any atom is 0.507 e. The first-order valence-electron chi connectivity index (χ1n) is 12.9. The Bertz CT molecular complexity index is 611. The molecule has 3 atom stereocenters. The van der Waals surface area contributed by atoms with Crippen molar-refractivity contribution in [3.63, 3.8) is 0 Å². The van der Waals surface area contributed by atoms with Gasteiger partial charge in [-0.25, -0.2) is 4.79 Å². The Morgan fingerprint density at radius 1 is 0.794 bits per heavy atom. The summed E-state index contributed by atoms with van der Waals surface area (Å²) in [5.41, 5.74) is 2.02. The Morgan fingerprint density at radius 3 is 1.47 bits per heavy atom. The van der Waals surface area contributed by atoms with Gasteiger partial charge in [0.1, 0.15) is 6.10 Å². The van der Waals surface area contributed by atoms with E-state index < -0.39 is 41.1 Å². The second-order valence-corrected chi connectivity index (χ2v) is 22.3. The zero-order valence-electron chi connectivity index (χ0n) is 23.7. The molecule has 34 heavy (non-hydrogen) atoms. The van der Waals surface area contributed by atoms with Crippen LogP contribution in [0.15, 0.2) is 0 Å². The lowest BCUT2D eigenvalue weighted by Crippen LogP contribution is -2.55. The Balaban J connectivity index is 6.21. The number of carbonyl (C=O) groups is 1. The molecule has 0 aromatic carbocycles. The van der Waals surface area contributed by atoms with Crippen LogP contribution in [-0.4, -0.2) is 57.9 Å². The van der Waals surface area contributed by atoms with E-state index >= 15 is 0 Å². The molecule has 200 valence electrons. The highest BCUT2D eigenvalue weighted by Gasteiger charge is 2.49. The van der Waals surface area contributed by atoms with Crippen LogP contribution in [0.4, 0.5) is 4.79 Å². The van der Waals surface area contributed by atoms with E-state index in [4.69, 9.17) is 25.1 Å². The minimum atomic E-state index is -2.39. The third kappa shape index (κ3) is 7.82. The molecule has 1 unspecified atom stereocenters. The zero-order chi connectivity index (χ0) is 27.0. The van der Waals surface area contributed by atoms with E-state index in [1.165, 1.54) is 0 Å². The van der Waals surface area contributed by atoms with Gasteiger partial charge in [-0.2, -0.15) is 0 Å². The summed E-state index contributed by atoms with van der Waals surface area (Å²) < 4.78 is 18.5. The molecule has 0 saturated heterocycles. The minimum absolute atomic E-state index is 0.0911. The van der Waals surface area contributed by atoms with Gasteiger partial charge in [-0.1, -0.05) is 89.0 Å². The molecule has 0 heterocycles. The standard InChI is InChI=1S/C26H52O6Si2/c1-14-23(31-26(28)29)15-25(32-34(20(8)9,21(10)11)22(12)13)24(27)16-30-33(17(2)3,18(4)5)19(6)7/h1,17-25,27H,15-16H2,2-13H3,(H,28,29)/t23?,24-,25+/m1/s1. The highest BCUT2D eigenvalue weighted by Crippen LogP contribution is 2.45. The maximum atomic E-state index is 11.4. The molecule has 8 heteroatoms. The lowest BCUT2D eigenvalue weighted by Gasteiger charge is -2.47. The Labute approximate surface area is 211 Å². The molecule has 0 saturated carbocycles. The summed E-state index contributed by atoms with van der Waals surface area (Å²) >= 11 is 0. The van der Waals surface area contributed by atoms with Gasteiger partial charge < -0.3 is 23.8 Å². The van der Waals surface area contributed by atoms with Crippen molar-refractivity contribution in [3.8, 4) is 12.3 Å². The molecular weight excluding hydrogens is 464 g/mol. The molecule has 2 N–H and O–H groups in total. The summed E-state index contributed by atoms with van der Waals surface area (Å²) in [6.07, 6.45) is 1.62. The largest absolute Gasteiger partial charge is 0.507 e. The van der Waals surface area contributed by atoms with Gasteiger partial charge in [0, 0.05) is 6.42 Å². The van der Waals surface area contributed by atoms with Crippen LogP contribution in [0, 0.1) is 12.3 Å². The quantitative estimate of drug-likeness (QED) is 0.136. The first kappa shape index (κ1) is 33.1. The molecule has 0 aliphatic carbocycles. The van der Waals surface area contributed by atoms with Crippen molar-refractivity contribution in [1.82, 2.24) is 0 Å². The third-order valence-electron chi connectivity index (χ3n) is 7.58. The van der Waals surface area contributed by atoms with Gasteiger partial charge in [0.05, 0.1) is 12.7 Å². The number of hydrogen-bond donors (Lipinski definition) is 2. The summed E-state index contributed by atoms with van der Waals surface area (Å²) in [6, 6.07) is 0. The molecule has 0 rings (SSSR count). The molecule has 0 amide bonds. The average molecular weight is 517 g/mol. The molecule has 0 radical (unpaired) electrons. The Morgan fingerprint density at radius 2 is 1.18 bits per heavy atom.